The van der Waals surface area contributed by atoms with Crippen molar-refractivity contribution in [3.05, 3.63) is 96.8 Å². The molecule has 3 aliphatic heterocycles. The van der Waals surface area contributed by atoms with Crippen LogP contribution in [0.4, 0.5) is 11.4 Å². The minimum Gasteiger partial charge on any atom is -0.338 e. The monoisotopic (exact) mass is 406 g/mol. The van der Waals surface area contributed by atoms with E-state index < -0.39 is 0 Å². The summed E-state index contributed by atoms with van der Waals surface area (Å²) in [5.41, 5.74) is 6.84. The summed E-state index contributed by atoms with van der Waals surface area (Å²) in [4.78, 5) is 2.58. The van der Waals surface area contributed by atoms with Crippen molar-refractivity contribution >= 4 is 56.1 Å². The molecule has 0 bridgehead atoms. The molecule has 0 unspecified atom stereocenters. The van der Waals surface area contributed by atoms with Crippen molar-refractivity contribution in [3.63, 3.8) is 0 Å². The van der Waals surface area contributed by atoms with Crippen molar-refractivity contribution < 1.29 is 4.48 Å². The first-order chi connectivity index (χ1) is 15.9. The Bertz CT molecular complexity index is 1830. The Morgan fingerprint density at radius 1 is 0.688 bits per heavy atom. The van der Waals surface area contributed by atoms with Crippen LogP contribution in [0.1, 0.15) is 5.56 Å². The Balaban J connectivity index is 1.57. The molecule has 4 heterocycles. The molecule has 9 rings (SSSR count). The lowest BCUT2D eigenvalue weighted by Gasteiger charge is -2.37. The maximum atomic E-state index is 2.58. The zero-order valence-corrected chi connectivity index (χ0v) is 17.3. The summed E-state index contributed by atoms with van der Waals surface area (Å²) in [6, 6.07) is 29.4. The Hall–Kier alpha value is -4.05. The van der Waals surface area contributed by atoms with Gasteiger partial charge in [-0.15, -0.1) is 0 Å². The molecule has 6 aromatic rings. The normalized spacial score (nSPS) is 14.6. The fourth-order valence-corrected chi connectivity index (χ4v) is 6.68. The lowest BCUT2D eigenvalue weighted by Crippen LogP contribution is -2.70. The van der Waals surface area contributed by atoms with Crippen LogP contribution in [0.3, 0.4) is 0 Å². The van der Waals surface area contributed by atoms with E-state index in [0.29, 0.717) is 0 Å². The van der Waals surface area contributed by atoms with Gasteiger partial charge in [0.2, 0.25) is 0 Å². The average molecular weight is 406 g/mol. The number of aromatic nitrogens is 2. The van der Waals surface area contributed by atoms with E-state index in [1.54, 1.807) is 0 Å². The van der Waals surface area contributed by atoms with Gasteiger partial charge in [0, 0.05) is 27.8 Å². The van der Waals surface area contributed by atoms with Crippen LogP contribution in [0.15, 0.2) is 91.3 Å². The van der Waals surface area contributed by atoms with Crippen LogP contribution in [0.5, 0.6) is 0 Å². The Morgan fingerprint density at radius 2 is 1.41 bits per heavy atom. The van der Waals surface area contributed by atoms with Crippen molar-refractivity contribution in [2.75, 3.05) is 4.81 Å². The maximum absolute atomic E-state index is 2.58. The highest BCUT2D eigenvalue weighted by molar-refractivity contribution is 6.76. The molecule has 3 nitrogen and oxygen atoms in total. The van der Waals surface area contributed by atoms with Gasteiger partial charge in [0.1, 0.15) is 18.9 Å². The zero-order chi connectivity index (χ0) is 20.6. The third-order valence-electron chi connectivity index (χ3n) is 7.82. The molecule has 0 fully saturated rings. The summed E-state index contributed by atoms with van der Waals surface area (Å²) in [6.45, 7) is 1.08. The van der Waals surface area contributed by atoms with Gasteiger partial charge >= 0.3 is 6.98 Å². The molecular formula is C28H17BN3+. The molecule has 0 atom stereocenters. The SMILES string of the molecule is c1cc2c3c(c1)N1B(c4cccc5c6ccccc6c6cccc1c6c45)[n+]1ccn(c1-3)C2. The first kappa shape index (κ1) is 15.7. The van der Waals surface area contributed by atoms with E-state index in [1.165, 1.54) is 66.1 Å². The minimum absolute atomic E-state index is 0.120. The molecule has 0 spiro atoms. The quantitative estimate of drug-likeness (QED) is 0.256. The zero-order valence-electron chi connectivity index (χ0n) is 17.3. The topological polar surface area (TPSA) is 12.1 Å². The lowest BCUT2D eigenvalue weighted by molar-refractivity contribution is -0.523. The van der Waals surface area contributed by atoms with Crippen molar-refractivity contribution in [2.45, 2.75) is 6.54 Å². The van der Waals surface area contributed by atoms with E-state index in [0.717, 1.165) is 6.54 Å². The van der Waals surface area contributed by atoms with Gasteiger partial charge in [0.05, 0.1) is 5.56 Å². The summed E-state index contributed by atoms with van der Waals surface area (Å²) in [6.07, 6.45) is 4.52. The van der Waals surface area contributed by atoms with Gasteiger partial charge in [-0.25, -0.2) is 4.57 Å². The van der Waals surface area contributed by atoms with Crippen molar-refractivity contribution in [3.8, 4) is 11.4 Å². The van der Waals surface area contributed by atoms with Crippen molar-refractivity contribution in [1.29, 1.82) is 0 Å². The van der Waals surface area contributed by atoms with Gasteiger partial charge in [-0.1, -0.05) is 66.7 Å². The number of nitrogens with zero attached hydrogens (tertiary/aromatic N) is 3. The van der Waals surface area contributed by atoms with Crippen LogP contribution >= 0.6 is 0 Å². The third kappa shape index (κ3) is 1.55. The highest BCUT2D eigenvalue weighted by atomic mass is 15.3. The molecule has 1 aromatic heterocycles. The third-order valence-corrected chi connectivity index (χ3v) is 7.82. The number of imidazole rings is 1. The highest BCUT2D eigenvalue weighted by Crippen LogP contribution is 2.49. The Labute approximate surface area is 184 Å². The van der Waals surface area contributed by atoms with Crippen LogP contribution in [0, 0.1) is 0 Å². The number of rotatable bonds is 0. The van der Waals surface area contributed by atoms with Crippen molar-refractivity contribution in [2.24, 2.45) is 0 Å². The molecule has 32 heavy (non-hydrogen) atoms. The van der Waals surface area contributed by atoms with Crippen LogP contribution in [0.2, 0.25) is 0 Å². The average Bonchev–Trinajstić information content (AvgIpc) is 3.43. The fraction of sp³-hybridized carbons (Fsp3) is 0.0357. The molecule has 0 radical (unpaired) electrons. The van der Waals surface area contributed by atoms with Crippen LogP contribution in [0.25, 0.3) is 43.7 Å². The molecule has 0 saturated carbocycles. The molecule has 0 saturated heterocycles. The van der Waals surface area contributed by atoms with E-state index in [2.05, 4.69) is 105 Å². The summed E-state index contributed by atoms with van der Waals surface area (Å²) in [5.74, 6) is 1.34. The van der Waals surface area contributed by atoms with Gasteiger partial charge in [-0.3, -0.25) is 4.48 Å². The molecule has 0 aliphatic carbocycles. The molecule has 4 heteroatoms. The number of hydrogen-bond acceptors (Lipinski definition) is 1. The molecule has 3 aliphatic rings. The smallest absolute Gasteiger partial charge is 0.338 e. The summed E-state index contributed by atoms with van der Waals surface area (Å²) < 4.78 is 4.90. The standard InChI is InChI=1S/C28H17BN3/c1-2-8-19-18(7-1)20-9-4-11-22-26(20)27-21(19)10-5-13-24(27)32-23-12-3-6-17-16-30-14-15-31(29(22)32)28(30)25(17)23/h1-15H,16H2/q+1. The van der Waals surface area contributed by atoms with Gasteiger partial charge in [-0.05, 0) is 39.1 Å². The van der Waals surface area contributed by atoms with E-state index in [4.69, 9.17) is 0 Å². The summed E-state index contributed by atoms with van der Waals surface area (Å²) >= 11 is 0. The van der Waals surface area contributed by atoms with Crippen LogP contribution in [-0.4, -0.2) is 11.5 Å². The second-order valence-electron chi connectivity index (χ2n) is 9.23. The largest absolute Gasteiger partial charge is 0.542 e. The highest BCUT2D eigenvalue weighted by Gasteiger charge is 2.51. The van der Waals surface area contributed by atoms with Crippen molar-refractivity contribution in [1.82, 2.24) is 4.57 Å². The second-order valence-corrected chi connectivity index (χ2v) is 9.23. The fourth-order valence-electron chi connectivity index (χ4n) is 6.68. The van der Waals surface area contributed by atoms with Gasteiger partial charge in [-0.2, -0.15) is 0 Å². The molecule has 0 amide bonds. The number of hydrogen-bond donors (Lipinski definition) is 0. The molecule has 0 N–H and O–H groups in total. The van der Waals surface area contributed by atoms with Gasteiger partial charge in [0.15, 0.2) is 0 Å². The predicted octanol–water partition coefficient (Wildman–Crippen LogP) is 4.97. The van der Waals surface area contributed by atoms with Gasteiger partial charge in [0.25, 0.3) is 5.82 Å². The second kappa shape index (κ2) is 5.05. The van der Waals surface area contributed by atoms with Gasteiger partial charge < -0.3 is 4.81 Å². The first-order valence-electron chi connectivity index (χ1n) is 11.3. The van der Waals surface area contributed by atoms with E-state index >= 15 is 0 Å². The first-order valence-corrected chi connectivity index (χ1v) is 11.3. The summed E-state index contributed by atoms with van der Waals surface area (Å²) in [5, 5.41) is 8.16. The number of anilines is 2. The lowest BCUT2D eigenvalue weighted by atomic mass is 9.58. The minimum atomic E-state index is 0.120. The Morgan fingerprint density at radius 3 is 2.28 bits per heavy atom. The molecule has 146 valence electrons. The Kier molecular flexibility index (Phi) is 2.48. The number of benzene rings is 5. The van der Waals surface area contributed by atoms with Crippen LogP contribution < -0.4 is 14.8 Å². The van der Waals surface area contributed by atoms with E-state index in [1.807, 2.05) is 0 Å². The number of fused-ring (bicyclic) bond motifs is 8. The van der Waals surface area contributed by atoms with E-state index in [9.17, 15) is 0 Å². The summed E-state index contributed by atoms with van der Waals surface area (Å²) in [7, 11) is 0. The van der Waals surface area contributed by atoms with E-state index in [-0.39, 0.29) is 6.98 Å². The maximum Gasteiger partial charge on any atom is 0.542 e. The molecule has 5 aromatic carbocycles. The van der Waals surface area contributed by atoms with Crippen LogP contribution in [-0.2, 0) is 6.54 Å². The predicted molar refractivity (Wildman–Crippen MR) is 131 cm³/mol. The molecular weight excluding hydrogens is 389 g/mol.